The fourth-order valence-electron chi connectivity index (χ4n) is 2.34. The molecule has 2 aromatic rings. The number of benzene rings is 2. The summed E-state index contributed by atoms with van der Waals surface area (Å²) < 4.78 is 38.1. The van der Waals surface area contributed by atoms with Crippen molar-refractivity contribution in [2.24, 2.45) is 0 Å². The van der Waals surface area contributed by atoms with Crippen LogP contribution in [0.3, 0.4) is 0 Å². The molecule has 8 heteroatoms. The molecule has 1 N–H and O–H groups in total. The average molecular weight is 388 g/mol. The average Bonchev–Trinajstić information content (AvgIpc) is 2.54. The Kier molecular flexibility index (Phi) is 5.20. The normalized spacial score (nSPS) is 13.8. The third kappa shape index (κ3) is 4.13. The first kappa shape index (κ1) is 17.4. The molecule has 0 spiro atoms. The molecular formula is C16H15Cl2NO4S. The molecule has 0 amide bonds. The van der Waals surface area contributed by atoms with Crippen LogP contribution in [0, 0.1) is 0 Å². The number of sulfonamides is 1. The topological polar surface area (TPSA) is 64.6 Å². The van der Waals surface area contributed by atoms with Crippen LogP contribution in [-0.4, -0.2) is 28.2 Å². The monoisotopic (exact) mass is 387 g/mol. The lowest BCUT2D eigenvalue weighted by Crippen LogP contribution is -2.26. The molecule has 2 aromatic carbocycles. The Morgan fingerprint density at radius 3 is 2.33 bits per heavy atom. The van der Waals surface area contributed by atoms with E-state index in [1.807, 2.05) is 18.2 Å². The van der Waals surface area contributed by atoms with Crippen molar-refractivity contribution in [2.75, 3.05) is 19.8 Å². The van der Waals surface area contributed by atoms with E-state index in [1.54, 1.807) is 0 Å². The molecule has 0 bridgehead atoms. The lowest BCUT2D eigenvalue weighted by atomic mass is 10.1. The van der Waals surface area contributed by atoms with Gasteiger partial charge in [-0.05, 0) is 42.3 Å². The van der Waals surface area contributed by atoms with Gasteiger partial charge in [0.2, 0.25) is 10.0 Å². The van der Waals surface area contributed by atoms with Gasteiger partial charge in [-0.25, -0.2) is 13.1 Å². The summed E-state index contributed by atoms with van der Waals surface area (Å²) in [5.41, 5.74) is 0.950. The Morgan fingerprint density at radius 2 is 1.62 bits per heavy atom. The van der Waals surface area contributed by atoms with Crippen LogP contribution < -0.4 is 14.2 Å². The van der Waals surface area contributed by atoms with Gasteiger partial charge >= 0.3 is 0 Å². The van der Waals surface area contributed by atoms with Crippen molar-refractivity contribution >= 4 is 33.2 Å². The molecule has 128 valence electrons. The number of rotatable bonds is 5. The van der Waals surface area contributed by atoms with Gasteiger partial charge in [-0.3, -0.25) is 0 Å². The molecule has 1 heterocycles. The standard InChI is InChI=1S/C16H15Cl2NO4S/c17-12-8-13(18)10-14(9-12)24(20,21)19-4-3-11-1-2-15-16(7-11)23-6-5-22-15/h1-2,7-10,19H,3-6H2. The summed E-state index contributed by atoms with van der Waals surface area (Å²) in [5.74, 6) is 1.39. The van der Waals surface area contributed by atoms with Gasteiger partial charge in [0.15, 0.2) is 11.5 Å². The zero-order valence-electron chi connectivity index (χ0n) is 12.6. The summed E-state index contributed by atoms with van der Waals surface area (Å²) in [5, 5.41) is 0.546. The second-order valence-electron chi connectivity index (χ2n) is 5.23. The largest absolute Gasteiger partial charge is 0.486 e. The number of hydrogen-bond acceptors (Lipinski definition) is 4. The molecule has 0 fully saturated rings. The summed E-state index contributed by atoms with van der Waals surface area (Å²) in [6.07, 6.45) is 0.518. The quantitative estimate of drug-likeness (QED) is 0.854. The van der Waals surface area contributed by atoms with E-state index in [-0.39, 0.29) is 21.5 Å². The lowest BCUT2D eigenvalue weighted by molar-refractivity contribution is 0.171. The van der Waals surface area contributed by atoms with Gasteiger partial charge in [-0.15, -0.1) is 0 Å². The van der Waals surface area contributed by atoms with Crippen molar-refractivity contribution in [3.63, 3.8) is 0 Å². The Labute approximate surface area is 150 Å². The van der Waals surface area contributed by atoms with E-state index in [9.17, 15) is 8.42 Å². The molecule has 0 atom stereocenters. The first-order valence-electron chi connectivity index (χ1n) is 7.28. The minimum atomic E-state index is -3.67. The first-order valence-corrected chi connectivity index (χ1v) is 9.52. The van der Waals surface area contributed by atoms with Crippen molar-refractivity contribution in [1.29, 1.82) is 0 Å². The summed E-state index contributed by atoms with van der Waals surface area (Å²) in [6.45, 7) is 1.29. The highest BCUT2D eigenvalue weighted by atomic mass is 35.5. The van der Waals surface area contributed by atoms with Crippen LogP contribution >= 0.6 is 23.2 Å². The molecule has 0 aliphatic carbocycles. The van der Waals surface area contributed by atoms with Crippen LogP contribution in [0.5, 0.6) is 11.5 Å². The number of fused-ring (bicyclic) bond motifs is 1. The van der Waals surface area contributed by atoms with Crippen molar-refractivity contribution in [3.05, 3.63) is 52.0 Å². The minimum absolute atomic E-state index is 0.0437. The molecule has 0 aromatic heterocycles. The van der Waals surface area contributed by atoms with Gasteiger partial charge in [-0.1, -0.05) is 29.3 Å². The van der Waals surface area contributed by atoms with Gasteiger partial charge in [0.05, 0.1) is 4.90 Å². The fraction of sp³-hybridized carbons (Fsp3) is 0.250. The highest BCUT2D eigenvalue weighted by Gasteiger charge is 2.16. The second kappa shape index (κ2) is 7.19. The summed E-state index contributed by atoms with van der Waals surface area (Å²) in [6, 6.07) is 9.78. The van der Waals surface area contributed by atoms with E-state index in [1.165, 1.54) is 18.2 Å². The van der Waals surface area contributed by atoms with Crippen molar-refractivity contribution < 1.29 is 17.9 Å². The maximum absolute atomic E-state index is 12.3. The third-order valence-electron chi connectivity index (χ3n) is 3.46. The maximum Gasteiger partial charge on any atom is 0.240 e. The third-order valence-corrected chi connectivity index (χ3v) is 5.34. The highest BCUT2D eigenvalue weighted by Crippen LogP contribution is 2.30. The maximum atomic E-state index is 12.3. The smallest absolute Gasteiger partial charge is 0.240 e. The van der Waals surface area contributed by atoms with Crippen LogP contribution in [0.25, 0.3) is 0 Å². The zero-order chi connectivity index (χ0) is 17.2. The Balaban J connectivity index is 1.65. The van der Waals surface area contributed by atoms with Crippen LogP contribution in [0.1, 0.15) is 5.56 Å². The summed E-state index contributed by atoms with van der Waals surface area (Å²) >= 11 is 11.7. The summed E-state index contributed by atoms with van der Waals surface area (Å²) in [4.78, 5) is 0.0437. The van der Waals surface area contributed by atoms with E-state index in [2.05, 4.69) is 4.72 Å². The van der Waals surface area contributed by atoms with Crippen molar-refractivity contribution in [3.8, 4) is 11.5 Å². The second-order valence-corrected chi connectivity index (χ2v) is 7.87. The van der Waals surface area contributed by atoms with Gasteiger partial charge in [0, 0.05) is 16.6 Å². The molecule has 1 aliphatic heterocycles. The summed E-state index contributed by atoms with van der Waals surface area (Å²) in [7, 11) is -3.67. The Bertz CT molecular complexity index is 835. The van der Waals surface area contributed by atoms with Gasteiger partial charge < -0.3 is 9.47 Å². The van der Waals surface area contributed by atoms with E-state index in [0.717, 1.165) is 5.56 Å². The predicted molar refractivity (Wildman–Crippen MR) is 92.8 cm³/mol. The number of hydrogen-bond donors (Lipinski definition) is 1. The van der Waals surface area contributed by atoms with Crippen molar-refractivity contribution in [2.45, 2.75) is 11.3 Å². The molecule has 0 radical (unpaired) electrons. The first-order chi connectivity index (χ1) is 11.4. The molecule has 0 saturated heterocycles. The minimum Gasteiger partial charge on any atom is -0.486 e. The van der Waals surface area contributed by atoms with Crippen LogP contribution in [0.4, 0.5) is 0 Å². The van der Waals surface area contributed by atoms with Crippen molar-refractivity contribution in [1.82, 2.24) is 4.72 Å². The molecule has 0 unspecified atom stereocenters. The van der Waals surface area contributed by atoms with Crippen LogP contribution in [0.15, 0.2) is 41.3 Å². The molecule has 5 nitrogen and oxygen atoms in total. The molecular weight excluding hydrogens is 373 g/mol. The van der Waals surface area contributed by atoms with Crippen LogP contribution in [0.2, 0.25) is 10.0 Å². The number of ether oxygens (including phenoxy) is 2. The Morgan fingerprint density at radius 1 is 0.958 bits per heavy atom. The van der Waals surface area contributed by atoms with Gasteiger partial charge in [0.25, 0.3) is 0 Å². The van der Waals surface area contributed by atoms with Gasteiger partial charge in [-0.2, -0.15) is 0 Å². The molecule has 3 rings (SSSR count). The SMILES string of the molecule is O=S(=O)(NCCc1ccc2c(c1)OCCO2)c1cc(Cl)cc(Cl)c1. The molecule has 0 saturated carbocycles. The zero-order valence-corrected chi connectivity index (χ0v) is 14.9. The van der Waals surface area contributed by atoms with E-state index >= 15 is 0 Å². The number of halogens is 2. The Hall–Kier alpha value is -1.47. The fourth-order valence-corrected chi connectivity index (χ4v) is 4.10. The predicted octanol–water partition coefficient (Wildman–Crippen LogP) is 3.29. The van der Waals surface area contributed by atoms with E-state index in [0.29, 0.717) is 31.1 Å². The van der Waals surface area contributed by atoms with E-state index < -0.39 is 10.0 Å². The highest BCUT2D eigenvalue weighted by molar-refractivity contribution is 7.89. The van der Waals surface area contributed by atoms with Crippen LogP contribution in [-0.2, 0) is 16.4 Å². The van der Waals surface area contributed by atoms with E-state index in [4.69, 9.17) is 32.7 Å². The molecule has 1 aliphatic rings. The van der Waals surface area contributed by atoms with Gasteiger partial charge in [0.1, 0.15) is 13.2 Å². The molecule has 24 heavy (non-hydrogen) atoms. The number of nitrogens with one attached hydrogen (secondary N) is 1. The lowest BCUT2D eigenvalue weighted by Gasteiger charge is -2.18.